The molecule has 1 fully saturated rings. The van der Waals surface area contributed by atoms with Crippen molar-refractivity contribution in [2.24, 2.45) is 0 Å². The number of rotatable bonds is 0. The topological polar surface area (TPSA) is 47.9 Å². The zero-order valence-corrected chi connectivity index (χ0v) is 11.2. The van der Waals surface area contributed by atoms with Gasteiger partial charge in [-0.25, -0.2) is 0 Å². The molecule has 0 radical (unpaired) electrons. The van der Waals surface area contributed by atoms with Crippen LogP contribution in [0.25, 0.3) is 0 Å². The molecule has 0 aromatic rings. The van der Waals surface area contributed by atoms with E-state index in [0.29, 0.717) is 0 Å². The molecule has 0 saturated carbocycles. The summed E-state index contributed by atoms with van der Waals surface area (Å²) in [5.41, 5.74) is 0. The Labute approximate surface area is 76.3 Å². The van der Waals surface area contributed by atoms with Gasteiger partial charge in [-0.3, -0.25) is 0 Å². The van der Waals surface area contributed by atoms with Crippen LogP contribution in [0.1, 0.15) is 0 Å². The highest BCUT2D eigenvalue weighted by Crippen LogP contribution is 2.28. The lowest BCUT2D eigenvalue weighted by Crippen LogP contribution is -2.65. The second-order valence-corrected chi connectivity index (χ2v) is 13.8. The Balaban J connectivity index is 2.81. The van der Waals surface area contributed by atoms with Crippen molar-refractivity contribution in [3.63, 3.8) is 0 Å². The molecule has 0 amide bonds. The van der Waals surface area contributed by atoms with Crippen LogP contribution in [0.3, 0.4) is 0 Å². The molecule has 4 nitrogen and oxygen atoms in total. The average molecular weight is 224 g/mol. The first-order valence-electron chi connectivity index (χ1n) is 3.95. The maximum absolute atomic E-state index is 9.73. The fourth-order valence-corrected chi connectivity index (χ4v) is 15.2. The largest absolute Gasteiger partial charge is 0.477 e. The molecule has 1 N–H and O–H groups in total. The molecule has 1 rings (SSSR count). The molecule has 72 valence electrons. The van der Waals surface area contributed by atoms with E-state index < -0.39 is 25.9 Å². The van der Waals surface area contributed by atoms with Gasteiger partial charge in [0, 0.05) is 6.55 Å². The van der Waals surface area contributed by atoms with E-state index in [1.165, 1.54) is 0 Å². The summed E-state index contributed by atoms with van der Waals surface area (Å²) in [6.45, 7) is 9.40. The lowest BCUT2D eigenvalue weighted by atomic mass is 11.9. The fraction of sp³-hybridized carbons (Fsp3) is 1.00. The van der Waals surface area contributed by atoms with Gasteiger partial charge in [0.15, 0.2) is 0 Å². The maximum atomic E-state index is 9.73. The van der Waals surface area contributed by atoms with Crippen LogP contribution in [0.2, 0.25) is 32.7 Å². The van der Waals surface area contributed by atoms with Gasteiger partial charge in [0.2, 0.25) is 0 Å². The number of hydrogen-bond acceptors (Lipinski definition) is 4. The van der Waals surface area contributed by atoms with Gasteiger partial charge in [0.1, 0.15) is 0 Å². The first-order chi connectivity index (χ1) is 5.12. The number of hydrogen-bond donors (Lipinski definition) is 1. The minimum atomic E-state index is -2.86. The summed E-state index contributed by atoms with van der Waals surface area (Å²) in [4.78, 5) is 9.73. The quantitative estimate of drug-likeness (QED) is 0.624. The normalized spacial score (nSPS) is 31.5. The standard InChI is InChI=1S/C5H16O4Si3/c1-10(2)7-11(3,4)9-12(5,6)8-10/h6H,1-5H3. The monoisotopic (exact) mass is 224 g/mol. The van der Waals surface area contributed by atoms with Crippen molar-refractivity contribution in [1.29, 1.82) is 0 Å². The minimum Gasteiger partial charge on any atom is -0.416 e. The highest BCUT2D eigenvalue weighted by molar-refractivity contribution is 6.90. The van der Waals surface area contributed by atoms with Crippen molar-refractivity contribution in [1.82, 2.24) is 0 Å². The van der Waals surface area contributed by atoms with Crippen LogP contribution in [0.15, 0.2) is 0 Å². The van der Waals surface area contributed by atoms with E-state index in [2.05, 4.69) is 0 Å². The summed E-state index contributed by atoms with van der Waals surface area (Å²) in [7, 11) is -7.09. The predicted octanol–water partition coefficient (Wildman–Crippen LogP) is 1.01. The highest BCUT2D eigenvalue weighted by Gasteiger charge is 2.52. The molecule has 7 heteroatoms. The van der Waals surface area contributed by atoms with E-state index in [1.807, 2.05) is 26.2 Å². The first kappa shape index (κ1) is 10.6. The molecule has 1 aliphatic heterocycles. The Kier molecular flexibility index (Phi) is 2.41. The lowest BCUT2D eigenvalue weighted by molar-refractivity contribution is 0.165. The molecule has 12 heavy (non-hydrogen) atoms. The third kappa shape index (κ3) is 2.76. The van der Waals surface area contributed by atoms with Gasteiger partial charge in [-0.1, -0.05) is 0 Å². The maximum Gasteiger partial charge on any atom is 0.477 e. The van der Waals surface area contributed by atoms with Gasteiger partial charge in [-0.15, -0.1) is 0 Å². The first-order valence-corrected chi connectivity index (χ1v) is 11.8. The molecule has 0 aromatic carbocycles. The smallest absolute Gasteiger partial charge is 0.416 e. The van der Waals surface area contributed by atoms with Crippen LogP contribution in [-0.2, 0) is 12.3 Å². The second kappa shape index (κ2) is 2.74. The summed E-state index contributed by atoms with van der Waals surface area (Å²) in [5, 5.41) is 0. The third-order valence-corrected chi connectivity index (χ3v) is 12.3. The summed E-state index contributed by atoms with van der Waals surface area (Å²) >= 11 is 0. The zero-order valence-electron chi connectivity index (χ0n) is 8.17. The van der Waals surface area contributed by atoms with Gasteiger partial charge < -0.3 is 17.1 Å². The summed E-state index contributed by atoms with van der Waals surface area (Å²) in [6, 6.07) is 0. The van der Waals surface area contributed by atoms with Crippen molar-refractivity contribution < 1.29 is 17.1 Å². The predicted molar refractivity (Wildman–Crippen MR) is 52.1 cm³/mol. The molecule has 1 saturated heterocycles. The molecule has 0 atom stereocenters. The molecule has 0 bridgehead atoms. The lowest BCUT2D eigenvalue weighted by Gasteiger charge is -2.44. The van der Waals surface area contributed by atoms with Gasteiger partial charge >= 0.3 is 25.9 Å². The molecule has 0 aliphatic carbocycles. The summed E-state index contributed by atoms with van der Waals surface area (Å²) in [5.74, 6) is 0. The molecule has 0 spiro atoms. The zero-order chi connectivity index (χ0) is 9.62. The van der Waals surface area contributed by atoms with Crippen molar-refractivity contribution in [2.45, 2.75) is 32.7 Å². The van der Waals surface area contributed by atoms with Gasteiger partial charge in [-0.05, 0) is 26.2 Å². The van der Waals surface area contributed by atoms with Crippen molar-refractivity contribution in [2.75, 3.05) is 0 Å². The van der Waals surface area contributed by atoms with E-state index in [4.69, 9.17) is 12.3 Å². The van der Waals surface area contributed by atoms with Gasteiger partial charge in [0.25, 0.3) is 0 Å². The molecule has 0 aromatic heterocycles. The van der Waals surface area contributed by atoms with E-state index in [0.717, 1.165) is 0 Å². The molecular formula is C5H16O4Si3. The van der Waals surface area contributed by atoms with Gasteiger partial charge in [-0.2, -0.15) is 0 Å². The van der Waals surface area contributed by atoms with Crippen LogP contribution in [0.5, 0.6) is 0 Å². The molecule has 1 heterocycles. The summed E-state index contributed by atoms with van der Waals surface area (Å²) < 4.78 is 16.5. The third-order valence-electron chi connectivity index (χ3n) is 1.36. The van der Waals surface area contributed by atoms with Crippen molar-refractivity contribution in [3.05, 3.63) is 0 Å². The van der Waals surface area contributed by atoms with Crippen LogP contribution in [-0.4, -0.2) is 30.7 Å². The highest BCUT2D eigenvalue weighted by atomic mass is 28.5. The van der Waals surface area contributed by atoms with E-state index >= 15 is 0 Å². The Bertz CT molecular complexity index is 146. The van der Waals surface area contributed by atoms with Crippen LogP contribution >= 0.6 is 0 Å². The van der Waals surface area contributed by atoms with E-state index in [1.54, 1.807) is 6.55 Å². The minimum absolute atomic E-state index is 1.65. The van der Waals surface area contributed by atoms with E-state index in [-0.39, 0.29) is 0 Å². The molecule has 0 unspecified atom stereocenters. The van der Waals surface area contributed by atoms with Crippen LogP contribution in [0.4, 0.5) is 0 Å². The fourth-order valence-electron chi connectivity index (χ4n) is 1.57. The Morgan fingerprint density at radius 2 is 1.08 bits per heavy atom. The Morgan fingerprint density at radius 1 is 0.750 bits per heavy atom. The van der Waals surface area contributed by atoms with Crippen molar-refractivity contribution >= 4 is 25.9 Å². The van der Waals surface area contributed by atoms with Crippen LogP contribution < -0.4 is 0 Å². The second-order valence-electron chi connectivity index (χ2n) is 4.00. The Hall–Kier alpha value is 0.491. The van der Waals surface area contributed by atoms with E-state index in [9.17, 15) is 4.80 Å². The van der Waals surface area contributed by atoms with Crippen LogP contribution in [0, 0.1) is 0 Å². The summed E-state index contributed by atoms with van der Waals surface area (Å²) in [6.07, 6.45) is 0. The average Bonchev–Trinajstić information content (AvgIpc) is 1.44. The molecule has 1 aliphatic rings. The Morgan fingerprint density at radius 3 is 1.33 bits per heavy atom. The molecular weight excluding hydrogens is 208 g/mol. The van der Waals surface area contributed by atoms with Gasteiger partial charge in [0.05, 0.1) is 0 Å². The SMILES string of the molecule is C[Si]1(C)O[Si](C)(C)O[Si](C)(O)O1. The van der Waals surface area contributed by atoms with Crippen molar-refractivity contribution in [3.8, 4) is 0 Å².